The van der Waals surface area contributed by atoms with Crippen molar-refractivity contribution < 1.29 is 0 Å². The largest absolute Gasteiger partial charge is 0.312 e. The van der Waals surface area contributed by atoms with Crippen molar-refractivity contribution >= 4 is 11.3 Å². The maximum Gasteiger partial charge on any atom is 0.0299 e. The molecule has 0 radical (unpaired) electrons. The molecular weight excluding hydrogens is 252 g/mol. The zero-order valence-corrected chi connectivity index (χ0v) is 13.3. The van der Waals surface area contributed by atoms with Gasteiger partial charge >= 0.3 is 0 Å². The predicted octanol–water partition coefficient (Wildman–Crippen LogP) is 3.80. The minimum absolute atomic E-state index is 0.855. The number of hydrogen-bond acceptors (Lipinski definition) is 3. The van der Waals surface area contributed by atoms with E-state index < -0.39 is 0 Å². The summed E-state index contributed by atoms with van der Waals surface area (Å²) in [5.41, 5.74) is 0. The zero-order valence-electron chi connectivity index (χ0n) is 12.5. The number of nitrogens with zero attached hydrogens (tertiary/aromatic N) is 1. The molecule has 1 saturated carbocycles. The molecule has 1 heterocycles. The number of hydrogen-bond donors (Lipinski definition) is 1. The van der Waals surface area contributed by atoms with Crippen LogP contribution in [-0.2, 0) is 6.54 Å². The molecule has 0 bridgehead atoms. The van der Waals surface area contributed by atoms with Crippen LogP contribution in [0.3, 0.4) is 0 Å². The van der Waals surface area contributed by atoms with E-state index in [1.807, 2.05) is 11.3 Å². The van der Waals surface area contributed by atoms with Crippen LogP contribution in [0, 0.1) is 6.92 Å². The lowest BCUT2D eigenvalue weighted by atomic mass is 9.94. The van der Waals surface area contributed by atoms with Crippen molar-refractivity contribution in [3.05, 3.63) is 21.9 Å². The summed E-state index contributed by atoms with van der Waals surface area (Å²) in [6.07, 6.45) is 8.41. The number of thiophene rings is 1. The van der Waals surface area contributed by atoms with Gasteiger partial charge in [-0.05, 0) is 58.5 Å². The fraction of sp³-hybridized carbons (Fsp3) is 0.750. The van der Waals surface area contributed by atoms with Crippen LogP contribution in [0.2, 0.25) is 0 Å². The van der Waals surface area contributed by atoms with Gasteiger partial charge in [0.25, 0.3) is 0 Å². The third-order valence-corrected chi connectivity index (χ3v) is 5.16. The number of nitrogens with one attached hydrogen (secondary N) is 1. The zero-order chi connectivity index (χ0) is 13.5. The lowest BCUT2D eigenvalue weighted by Gasteiger charge is -2.31. The van der Waals surface area contributed by atoms with Crippen LogP contribution < -0.4 is 5.32 Å². The summed E-state index contributed by atoms with van der Waals surface area (Å²) in [4.78, 5) is 5.45. The van der Waals surface area contributed by atoms with Crippen molar-refractivity contribution in [3.63, 3.8) is 0 Å². The summed E-state index contributed by atoms with van der Waals surface area (Å²) in [6, 6.07) is 5.30. The van der Waals surface area contributed by atoms with E-state index in [1.165, 1.54) is 54.8 Å². The Morgan fingerprint density at radius 1 is 1.26 bits per heavy atom. The molecule has 2 rings (SSSR count). The molecule has 2 nitrogen and oxygen atoms in total. The van der Waals surface area contributed by atoms with Gasteiger partial charge in [0.2, 0.25) is 0 Å². The molecule has 1 aromatic heterocycles. The molecule has 0 aliphatic heterocycles. The van der Waals surface area contributed by atoms with E-state index >= 15 is 0 Å². The second kappa shape index (κ2) is 8.03. The highest BCUT2D eigenvalue weighted by Gasteiger charge is 2.16. The van der Waals surface area contributed by atoms with E-state index in [4.69, 9.17) is 0 Å². The first kappa shape index (κ1) is 15.0. The Morgan fingerprint density at radius 2 is 2.05 bits per heavy atom. The summed E-state index contributed by atoms with van der Waals surface area (Å²) >= 11 is 1.90. The normalized spacial score (nSPS) is 17.2. The van der Waals surface area contributed by atoms with Crippen molar-refractivity contribution in [1.82, 2.24) is 10.2 Å². The first-order valence-corrected chi connectivity index (χ1v) is 8.53. The van der Waals surface area contributed by atoms with E-state index in [1.54, 1.807) is 0 Å². The highest BCUT2D eigenvalue weighted by atomic mass is 32.1. The highest BCUT2D eigenvalue weighted by Crippen LogP contribution is 2.21. The second-order valence-corrected chi connectivity index (χ2v) is 7.19. The molecule has 1 N–H and O–H groups in total. The van der Waals surface area contributed by atoms with E-state index in [0.717, 1.165) is 19.1 Å². The van der Waals surface area contributed by atoms with Gasteiger partial charge in [-0.2, -0.15) is 0 Å². The minimum atomic E-state index is 0.855. The molecule has 0 saturated heterocycles. The molecular formula is C16H28N2S. The van der Waals surface area contributed by atoms with Crippen molar-refractivity contribution in [1.29, 1.82) is 0 Å². The number of aryl methyl sites for hydroxylation is 1. The second-order valence-electron chi connectivity index (χ2n) is 5.82. The molecule has 1 aliphatic carbocycles. The van der Waals surface area contributed by atoms with E-state index in [-0.39, 0.29) is 0 Å². The molecule has 1 fully saturated rings. The van der Waals surface area contributed by atoms with Crippen LogP contribution in [-0.4, -0.2) is 31.1 Å². The smallest absolute Gasteiger partial charge is 0.0299 e. The van der Waals surface area contributed by atoms with Gasteiger partial charge in [0.15, 0.2) is 0 Å². The molecule has 19 heavy (non-hydrogen) atoms. The van der Waals surface area contributed by atoms with Gasteiger partial charge in [0.05, 0.1) is 0 Å². The summed E-state index contributed by atoms with van der Waals surface area (Å²) in [7, 11) is 2.30. The topological polar surface area (TPSA) is 15.3 Å². The maximum absolute atomic E-state index is 3.56. The van der Waals surface area contributed by atoms with Gasteiger partial charge in [0.1, 0.15) is 0 Å². The summed E-state index contributed by atoms with van der Waals surface area (Å²) in [6.45, 7) is 5.58. The molecule has 0 unspecified atom stereocenters. The average Bonchev–Trinajstić information content (AvgIpc) is 2.85. The Morgan fingerprint density at radius 3 is 2.74 bits per heavy atom. The molecule has 1 aromatic rings. The minimum Gasteiger partial charge on any atom is -0.312 e. The van der Waals surface area contributed by atoms with Gasteiger partial charge in [-0.25, -0.2) is 0 Å². The van der Waals surface area contributed by atoms with E-state index in [0.29, 0.717) is 0 Å². The molecule has 3 heteroatoms. The van der Waals surface area contributed by atoms with Crippen molar-refractivity contribution in [2.24, 2.45) is 0 Å². The summed E-state index contributed by atoms with van der Waals surface area (Å²) in [5, 5.41) is 3.56. The fourth-order valence-corrected chi connectivity index (χ4v) is 3.81. The lowest BCUT2D eigenvalue weighted by Crippen LogP contribution is -2.35. The van der Waals surface area contributed by atoms with Gasteiger partial charge in [-0.3, -0.25) is 0 Å². The van der Waals surface area contributed by atoms with Gasteiger partial charge in [-0.1, -0.05) is 19.3 Å². The predicted molar refractivity (Wildman–Crippen MR) is 84.9 cm³/mol. The van der Waals surface area contributed by atoms with Crippen LogP contribution in [0.25, 0.3) is 0 Å². The molecule has 108 valence electrons. The fourth-order valence-electron chi connectivity index (χ4n) is 2.95. The third kappa shape index (κ3) is 5.25. The maximum atomic E-state index is 3.56. The average molecular weight is 280 g/mol. The molecule has 0 atom stereocenters. The van der Waals surface area contributed by atoms with E-state index in [9.17, 15) is 0 Å². The van der Waals surface area contributed by atoms with E-state index in [2.05, 4.69) is 36.3 Å². The summed E-state index contributed by atoms with van der Waals surface area (Å²) < 4.78 is 0. The van der Waals surface area contributed by atoms with Crippen molar-refractivity contribution in [2.75, 3.05) is 20.1 Å². The SMILES string of the molecule is Cc1ccc(CNCCCN(C)C2CCCCC2)s1. The van der Waals surface area contributed by atoms with Gasteiger partial charge < -0.3 is 10.2 Å². The van der Waals surface area contributed by atoms with Crippen molar-refractivity contribution in [2.45, 2.75) is 58.0 Å². The molecule has 0 spiro atoms. The lowest BCUT2D eigenvalue weighted by molar-refractivity contribution is 0.189. The Bertz CT molecular complexity index is 355. The first-order valence-electron chi connectivity index (χ1n) is 7.72. The Labute approximate surface area is 122 Å². The summed E-state index contributed by atoms with van der Waals surface area (Å²) in [5.74, 6) is 0. The monoisotopic (exact) mass is 280 g/mol. The van der Waals surface area contributed by atoms with Crippen LogP contribution in [0.15, 0.2) is 12.1 Å². The Balaban J connectivity index is 1.53. The standard InChI is InChI=1S/C16H28N2S/c1-14-9-10-16(19-14)13-17-11-6-12-18(2)15-7-4-3-5-8-15/h9-10,15,17H,3-8,11-13H2,1-2H3. The highest BCUT2D eigenvalue weighted by molar-refractivity contribution is 7.11. The molecule has 1 aliphatic rings. The first-order chi connectivity index (χ1) is 9.25. The molecule has 0 amide bonds. The Hall–Kier alpha value is -0.380. The molecule has 0 aromatic carbocycles. The van der Waals surface area contributed by atoms with Crippen LogP contribution in [0.1, 0.15) is 48.3 Å². The number of rotatable bonds is 7. The third-order valence-electron chi connectivity index (χ3n) is 4.16. The quantitative estimate of drug-likeness (QED) is 0.764. The van der Waals surface area contributed by atoms with Crippen LogP contribution >= 0.6 is 11.3 Å². The van der Waals surface area contributed by atoms with Gasteiger partial charge in [-0.15, -0.1) is 11.3 Å². The Kier molecular flexibility index (Phi) is 6.35. The van der Waals surface area contributed by atoms with Crippen LogP contribution in [0.5, 0.6) is 0 Å². The van der Waals surface area contributed by atoms with Crippen LogP contribution in [0.4, 0.5) is 0 Å². The van der Waals surface area contributed by atoms with Crippen molar-refractivity contribution in [3.8, 4) is 0 Å². The van der Waals surface area contributed by atoms with Gasteiger partial charge in [0, 0.05) is 22.3 Å².